The molecule has 26 heavy (non-hydrogen) atoms. The zero-order valence-electron chi connectivity index (χ0n) is 14.7. The first-order valence-electron chi connectivity index (χ1n) is 8.65. The second-order valence-electron chi connectivity index (χ2n) is 6.46. The van der Waals surface area contributed by atoms with Crippen LogP contribution in [0.2, 0.25) is 5.15 Å². The highest BCUT2D eigenvalue weighted by molar-refractivity contribution is 6.29. The molecule has 1 aliphatic heterocycles. The number of hydrogen-bond donors (Lipinski definition) is 2. The van der Waals surface area contributed by atoms with Crippen LogP contribution in [0.25, 0.3) is 0 Å². The van der Waals surface area contributed by atoms with Crippen LogP contribution in [0.1, 0.15) is 17.3 Å². The van der Waals surface area contributed by atoms with Gasteiger partial charge in [0.05, 0.1) is 5.56 Å². The number of nitrogens with one attached hydrogen (secondary N) is 1. The Morgan fingerprint density at radius 1 is 1.23 bits per heavy atom. The molecule has 0 aliphatic carbocycles. The topological polar surface area (TPSA) is 87.4 Å². The zero-order chi connectivity index (χ0) is 18.5. The van der Waals surface area contributed by atoms with Crippen LogP contribution in [0.15, 0.2) is 36.4 Å². The van der Waals surface area contributed by atoms with Gasteiger partial charge in [-0.25, -0.2) is 0 Å². The number of nitrogens with two attached hydrogens (primary N) is 1. The van der Waals surface area contributed by atoms with Crippen LogP contribution in [-0.4, -0.2) is 59.8 Å². The number of nitrogens with zero attached hydrogens (tertiary/aromatic N) is 4. The third kappa shape index (κ3) is 4.62. The molecule has 8 heteroatoms. The van der Waals surface area contributed by atoms with Crippen LogP contribution < -0.4 is 16.0 Å². The van der Waals surface area contributed by atoms with Crippen molar-refractivity contribution in [2.75, 3.05) is 42.9 Å². The van der Waals surface area contributed by atoms with Gasteiger partial charge in [0, 0.05) is 44.5 Å². The van der Waals surface area contributed by atoms with Gasteiger partial charge in [-0.05, 0) is 25.1 Å². The van der Waals surface area contributed by atoms with Crippen LogP contribution in [0, 0.1) is 0 Å². The van der Waals surface area contributed by atoms with E-state index < -0.39 is 5.91 Å². The third-order valence-corrected chi connectivity index (χ3v) is 4.62. The van der Waals surface area contributed by atoms with E-state index in [-0.39, 0.29) is 16.8 Å². The molecule has 0 radical (unpaired) electrons. The summed E-state index contributed by atoms with van der Waals surface area (Å²) in [6.07, 6.45) is 0. The number of piperazine rings is 1. The van der Waals surface area contributed by atoms with Crippen molar-refractivity contribution in [1.82, 2.24) is 15.1 Å². The summed E-state index contributed by atoms with van der Waals surface area (Å²) in [5.74, 6) is -0.203. The Hall–Kier alpha value is -2.38. The molecule has 1 aliphatic rings. The lowest BCUT2D eigenvalue weighted by Crippen LogP contribution is -2.49. The SMILES string of the molecule is CC(CN1CCN(c2ccccc2)CC1)Nc1nnc(Cl)cc1C(N)=O. The van der Waals surface area contributed by atoms with Gasteiger partial charge in [0.15, 0.2) is 11.0 Å². The second-order valence-corrected chi connectivity index (χ2v) is 6.85. The number of benzene rings is 1. The van der Waals surface area contributed by atoms with Crippen molar-refractivity contribution >= 4 is 29.0 Å². The third-order valence-electron chi connectivity index (χ3n) is 4.44. The number of primary amides is 1. The highest BCUT2D eigenvalue weighted by Gasteiger charge is 2.20. The first kappa shape index (κ1) is 18.4. The lowest BCUT2D eigenvalue weighted by molar-refractivity contribution is 0.100. The van der Waals surface area contributed by atoms with Crippen molar-refractivity contribution in [1.29, 1.82) is 0 Å². The maximum atomic E-state index is 11.6. The van der Waals surface area contributed by atoms with E-state index in [0.717, 1.165) is 32.7 Å². The summed E-state index contributed by atoms with van der Waals surface area (Å²) in [6.45, 7) is 6.83. The van der Waals surface area contributed by atoms with Crippen molar-refractivity contribution in [3.63, 3.8) is 0 Å². The maximum absolute atomic E-state index is 11.6. The van der Waals surface area contributed by atoms with Gasteiger partial charge in [-0.1, -0.05) is 29.8 Å². The highest BCUT2D eigenvalue weighted by atomic mass is 35.5. The van der Waals surface area contributed by atoms with Crippen molar-refractivity contribution in [2.24, 2.45) is 5.73 Å². The van der Waals surface area contributed by atoms with E-state index in [2.05, 4.69) is 49.6 Å². The smallest absolute Gasteiger partial charge is 0.252 e. The number of rotatable bonds is 6. The Morgan fingerprint density at radius 2 is 1.92 bits per heavy atom. The molecule has 1 amide bonds. The lowest BCUT2D eigenvalue weighted by atomic mass is 10.2. The average Bonchev–Trinajstić information content (AvgIpc) is 2.64. The molecular weight excluding hydrogens is 352 g/mol. The Bertz CT molecular complexity index is 749. The molecule has 1 unspecified atom stereocenters. The molecule has 2 aromatic rings. The molecule has 3 rings (SSSR count). The van der Waals surface area contributed by atoms with Crippen LogP contribution in [0.5, 0.6) is 0 Å². The maximum Gasteiger partial charge on any atom is 0.252 e. The van der Waals surface area contributed by atoms with E-state index in [9.17, 15) is 4.79 Å². The number of hydrogen-bond acceptors (Lipinski definition) is 6. The lowest BCUT2D eigenvalue weighted by Gasteiger charge is -2.37. The molecule has 1 fully saturated rings. The molecule has 0 bridgehead atoms. The molecular formula is C18H23ClN6O. The minimum Gasteiger partial charge on any atom is -0.369 e. The summed E-state index contributed by atoms with van der Waals surface area (Å²) in [5, 5.41) is 11.1. The Morgan fingerprint density at radius 3 is 2.58 bits per heavy atom. The quantitative estimate of drug-likeness (QED) is 0.802. The van der Waals surface area contributed by atoms with Crippen LogP contribution >= 0.6 is 11.6 Å². The zero-order valence-corrected chi connectivity index (χ0v) is 15.5. The van der Waals surface area contributed by atoms with E-state index in [1.807, 2.05) is 13.0 Å². The van der Waals surface area contributed by atoms with Crippen molar-refractivity contribution < 1.29 is 4.79 Å². The van der Waals surface area contributed by atoms with E-state index in [1.165, 1.54) is 11.8 Å². The van der Waals surface area contributed by atoms with Gasteiger partial charge in [0.25, 0.3) is 5.91 Å². The summed E-state index contributed by atoms with van der Waals surface area (Å²) < 4.78 is 0. The molecule has 0 saturated carbocycles. The number of amides is 1. The Kier molecular flexibility index (Phi) is 5.90. The second kappa shape index (κ2) is 8.33. The number of aromatic nitrogens is 2. The van der Waals surface area contributed by atoms with E-state index in [1.54, 1.807) is 0 Å². The van der Waals surface area contributed by atoms with E-state index in [0.29, 0.717) is 5.82 Å². The predicted octanol–water partition coefficient (Wildman–Crippen LogP) is 1.85. The fourth-order valence-corrected chi connectivity index (χ4v) is 3.30. The molecule has 1 aromatic heterocycles. The average molecular weight is 375 g/mol. The molecule has 2 heterocycles. The first-order valence-corrected chi connectivity index (χ1v) is 9.02. The molecule has 138 valence electrons. The molecule has 7 nitrogen and oxygen atoms in total. The number of halogens is 1. The van der Waals surface area contributed by atoms with Gasteiger partial charge >= 0.3 is 0 Å². The molecule has 1 atom stereocenters. The van der Waals surface area contributed by atoms with Crippen LogP contribution in [0.3, 0.4) is 0 Å². The molecule has 0 spiro atoms. The molecule has 1 saturated heterocycles. The minimum absolute atomic E-state index is 0.0897. The summed E-state index contributed by atoms with van der Waals surface area (Å²) in [4.78, 5) is 16.3. The number of para-hydroxylation sites is 1. The minimum atomic E-state index is -0.576. The van der Waals surface area contributed by atoms with Gasteiger partial charge in [-0.2, -0.15) is 0 Å². The van der Waals surface area contributed by atoms with E-state index >= 15 is 0 Å². The molecule has 3 N–H and O–H groups in total. The largest absolute Gasteiger partial charge is 0.369 e. The number of carbonyl (C=O) groups is 1. The van der Waals surface area contributed by atoms with Gasteiger partial charge in [0.2, 0.25) is 0 Å². The standard InChI is InChI=1S/C18H23ClN6O/c1-13(21-18-15(17(20)26)11-16(19)22-23-18)12-24-7-9-25(10-8-24)14-5-3-2-4-6-14/h2-6,11,13H,7-10,12H2,1H3,(H2,20,26)(H,21,23). The highest BCUT2D eigenvalue weighted by Crippen LogP contribution is 2.18. The first-order chi connectivity index (χ1) is 12.5. The van der Waals surface area contributed by atoms with Gasteiger partial charge in [-0.15, -0.1) is 10.2 Å². The summed E-state index contributed by atoms with van der Waals surface area (Å²) in [5.41, 5.74) is 6.91. The van der Waals surface area contributed by atoms with Crippen LogP contribution in [0.4, 0.5) is 11.5 Å². The normalized spacial score (nSPS) is 16.3. The number of carbonyl (C=O) groups excluding carboxylic acids is 1. The van der Waals surface area contributed by atoms with Crippen molar-refractivity contribution in [3.05, 3.63) is 47.1 Å². The van der Waals surface area contributed by atoms with E-state index in [4.69, 9.17) is 17.3 Å². The van der Waals surface area contributed by atoms with Crippen molar-refractivity contribution in [2.45, 2.75) is 13.0 Å². The summed E-state index contributed by atoms with van der Waals surface area (Å²) in [7, 11) is 0. The van der Waals surface area contributed by atoms with Gasteiger partial charge < -0.3 is 16.0 Å². The van der Waals surface area contributed by atoms with Crippen molar-refractivity contribution in [3.8, 4) is 0 Å². The van der Waals surface area contributed by atoms with Gasteiger partial charge in [0.1, 0.15) is 0 Å². The fourth-order valence-electron chi connectivity index (χ4n) is 3.16. The predicted molar refractivity (Wildman–Crippen MR) is 104 cm³/mol. The summed E-state index contributed by atoms with van der Waals surface area (Å²) in [6, 6.07) is 12.0. The fraction of sp³-hybridized carbons (Fsp3) is 0.389. The van der Waals surface area contributed by atoms with Crippen LogP contribution in [-0.2, 0) is 0 Å². The Labute approximate surface area is 158 Å². The Balaban J connectivity index is 1.54. The molecule has 1 aromatic carbocycles. The summed E-state index contributed by atoms with van der Waals surface area (Å²) >= 11 is 5.80. The number of anilines is 2. The van der Waals surface area contributed by atoms with Gasteiger partial charge in [-0.3, -0.25) is 9.69 Å². The monoisotopic (exact) mass is 374 g/mol.